The molecule has 1 heterocycles. The summed E-state index contributed by atoms with van der Waals surface area (Å²) in [5.41, 5.74) is 2.36. The topological polar surface area (TPSA) is 126 Å². The number of anilines is 2. The molecule has 0 bridgehead atoms. The van der Waals surface area contributed by atoms with Crippen molar-refractivity contribution in [1.29, 1.82) is 0 Å². The molecule has 1 saturated heterocycles. The van der Waals surface area contributed by atoms with Crippen LogP contribution in [-0.2, 0) is 14.4 Å². The third-order valence-corrected chi connectivity index (χ3v) is 6.40. The third kappa shape index (κ3) is 7.70. The molecule has 212 valence electrons. The van der Waals surface area contributed by atoms with Gasteiger partial charge < -0.3 is 25.4 Å². The molecule has 3 aromatic carbocycles. The smallest absolute Gasteiger partial charge is 0.329 e. The summed E-state index contributed by atoms with van der Waals surface area (Å²) in [5.74, 6) is -1.53. The monoisotopic (exact) mass is 624 g/mol. The second-order valence-electron chi connectivity index (χ2n) is 8.89. The van der Waals surface area contributed by atoms with E-state index in [0.717, 1.165) is 10.5 Å². The quantitative estimate of drug-likeness (QED) is 0.219. The maximum atomic E-state index is 13.1. The SMILES string of the molecule is CCOc1cc(/C=C2/NC(=O)N(CC(=O)Nc3cccc(C)c3)C2=O)c(Br)cc1OCC(=O)Nc1ccc(F)cc1. The van der Waals surface area contributed by atoms with Crippen LogP contribution in [0.3, 0.4) is 0 Å². The standard InChI is InChI=1S/C29H26BrFN4O6/c1-3-40-24-13-18(22(30)14-25(24)41-16-27(37)32-20-9-7-19(31)8-10-20)12-23-28(38)35(29(39)34-23)15-26(36)33-21-6-4-5-17(2)11-21/h4-14H,3,15-16H2,1-2H3,(H,32,37)(H,33,36)(H,34,39)/b23-12+. The number of benzene rings is 3. The number of hydrogen-bond donors (Lipinski definition) is 3. The van der Waals surface area contributed by atoms with Crippen molar-refractivity contribution < 1.29 is 33.0 Å². The van der Waals surface area contributed by atoms with E-state index >= 15 is 0 Å². The highest BCUT2D eigenvalue weighted by Crippen LogP contribution is 2.35. The third-order valence-electron chi connectivity index (χ3n) is 5.72. The van der Waals surface area contributed by atoms with E-state index in [2.05, 4.69) is 31.9 Å². The Hall–Kier alpha value is -4.71. The van der Waals surface area contributed by atoms with Crippen LogP contribution in [0.5, 0.6) is 11.5 Å². The van der Waals surface area contributed by atoms with Crippen molar-refractivity contribution in [3.63, 3.8) is 0 Å². The number of imide groups is 1. The van der Waals surface area contributed by atoms with Crippen molar-refractivity contribution in [2.24, 2.45) is 0 Å². The van der Waals surface area contributed by atoms with E-state index in [1.807, 2.05) is 13.0 Å². The predicted octanol–water partition coefficient (Wildman–Crippen LogP) is 4.84. The van der Waals surface area contributed by atoms with Gasteiger partial charge in [0.15, 0.2) is 18.1 Å². The molecule has 0 atom stereocenters. The average Bonchev–Trinajstić information content (AvgIpc) is 3.18. The van der Waals surface area contributed by atoms with Gasteiger partial charge in [-0.2, -0.15) is 0 Å². The van der Waals surface area contributed by atoms with Crippen LogP contribution in [0.15, 0.2) is 70.8 Å². The number of nitrogens with zero attached hydrogens (tertiary/aromatic N) is 1. The minimum Gasteiger partial charge on any atom is -0.490 e. The van der Waals surface area contributed by atoms with E-state index in [1.54, 1.807) is 37.3 Å². The van der Waals surface area contributed by atoms with Crippen LogP contribution in [0.2, 0.25) is 0 Å². The predicted molar refractivity (Wildman–Crippen MR) is 154 cm³/mol. The highest BCUT2D eigenvalue weighted by Gasteiger charge is 2.35. The van der Waals surface area contributed by atoms with Gasteiger partial charge in [-0.3, -0.25) is 14.4 Å². The summed E-state index contributed by atoms with van der Waals surface area (Å²) in [5, 5.41) is 7.77. The first kappa shape index (κ1) is 29.3. The van der Waals surface area contributed by atoms with Crippen LogP contribution in [0.25, 0.3) is 6.08 Å². The van der Waals surface area contributed by atoms with Gasteiger partial charge in [-0.05, 0) is 79.6 Å². The highest BCUT2D eigenvalue weighted by molar-refractivity contribution is 9.10. The Labute approximate surface area is 243 Å². The van der Waals surface area contributed by atoms with E-state index in [9.17, 15) is 23.6 Å². The number of nitrogens with one attached hydrogen (secondary N) is 3. The molecule has 1 aliphatic heterocycles. The van der Waals surface area contributed by atoms with Crippen LogP contribution in [-0.4, -0.2) is 48.4 Å². The van der Waals surface area contributed by atoms with E-state index in [0.29, 0.717) is 27.2 Å². The summed E-state index contributed by atoms with van der Waals surface area (Å²) in [6, 6.07) is 14.9. The van der Waals surface area contributed by atoms with Gasteiger partial charge in [-0.15, -0.1) is 0 Å². The van der Waals surface area contributed by atoms with Gasteiger partial charge in [-0.25, -0.2) is 14.1 Å². The van der Waals surface area contributed by atoms with Crippen LogP contribution < -0.4 is 25.4 Å². The number of urea groups is 1. The Balaban J connectivity index is 1.44. The summed E-state index contributed by atoms with van der Waals surface area (Å²) < 4.78 is 24.9. The number of carbonyl (C=O) groups excluding carboxylic acids is 4. The summed E-state index contributed by atoms with van der Waals surface area (Å²) in [4.78, 5) is 51.1. The molecule has 41 heavy (non-hydrogen) atoms. The maximum Gasteiger partial charge on any atom is 0.329 e. The van der Waals surface area contributed by atoms with Crippen molar-refractivity contribution >= 4 is 57.1 Å². The van der Waals surface area contributed by atoms with Gasteiger partial charge >= 0.3 is 6.03 Å². The molecule has 0 saturated carbocycles. The zero-order valence-corrected chi connectivity index (χ0v) is 23.7. The van der Waals surface area contributed by atoms with E-state index < -0.39 is 36.1 Å². The number of amides is 5. The molecule has 3 aromatic rings. The lowest BCUT2D eigenvalue weighted by Crippen LogP contribution is -2.38. The number of carbonyl (C=O) groups is 4. The molecule has 5 amide bonds. The molecule has 1 fully saturated rings. The van der Waals surface area contributed by atoms with Crippen molar-refractivity contribution in [1.82, 2.24) is 10.2 Å². The number of halogens is 2. The highest BCUT2D eigenvalue weighted by atomic mass is 79.9. The van der Waals surface area contributed by atoms with Crippen LogP contribution in [0.4, 0.5) is 20.6 Å². The normalized spacial score (nSPS) is 13.7. The van der Waals surface area contributed by atoms with E-state index in [-0.39, 0.29) is 24.7 Å². The summed E-state index contributed by atoms with van der Waals surface area (Å²) in [6.07, 6.45) is 1.44. The average molecular weight is 625 g/mol. The fourth-order valence-corrected chi connectivity index (χ4v) is 4.29. The Kier molecular flexibility index (Phi) is 9.35. The minimum atomic E-state index is -0.728. The Bertz CT molecular complexity index is 1530. The molecule has 10 nitrogen and oxygen atoms in total. The molecule has 0 aliphatic carbocycles. The summed E-state index contributed by atoms with van der Waals surface area (Å²) in [6.45, 7) is 3.12. The molecule has 1 aliphatic rings. The number of aryl methyl sites for hydroxylation is 1. The van der Waals surface area contributed by atoms with Gasteiger partial charge in [0, 0.05) is 15.8 Å². The molecule has 0 radical (unpaired) electrons. The molecule has 3 N–H and O–H groups in total. The fraction of sp³-hybridized carbons (Fsp3) is 0.172. The largest absolute Gasteiger partial charge is 0.490 e. The lowest BCUT2D eigenvalue weighted by Gasteiger charge is -2.14. The van der Waals surface area contributed by atoms with Crippen molar-refractivity contribution in [3.8, 4) is 11.5 Å². The Morgan fingerprint density at radius 1 is 0.976 bits per heavy atom. The molecule has 0 unspecified atom stereocenters. The molecular weight excluding hydrogens is 599 g/mol. The first-order chi connectivity index (χ1) is 19.6. The van der Waals surface area contributed by atoms with Gasteiger partial charge in [0.25, 0.3) is 11.8 Å². The lowest BCUT2D eigenvalue weighted by atomic mass is 10.1. The van der Waals surface area contributed by atoms with Gasteiger partial charge in [-0.1, -0.05) is 28.1 Å². The first-order valence-electron chi connectivity index (χ1n) is 12.5. The van der Waals surface area contributed by atoms with Gasteiger partial charge in [0.05, 0.1) is 6.61 Å². The number of hydrogen-bond acceptors (Lipinski definition) is 6. The molecule has 0 spiro atoms. The van der Waals surface area contributed by atoms with E-state index in [4.69, 9.17) is 9.47 Å². The Morgan fingerprint density at radius 2 is 1.68 bits per heavy atom. The maximum absolute atomic E-state index is 13.1. The van der Waals surface area contributed by atoms with Gasteiger partial charge in [0.2, 0.25) is 5.91 Å². The van der Waals surface area contributed by atoms with E-state index in [1.165, 1.54) is 30.3 Å². The molecule has 0 aromatic heterocycles. The van der Waals surface area contributed by atoms with Crippen molar-refractivity contribution in [2.45, 2.75) is 13.8 Å². The summed E-state index contributed by atoms with van der Waals surface area (Å²) in [7, 11) is 0. The fourth-order valence-electron chi connectivity index (χ4n) is 3.85. The van der Waals surface area contributed by atoms with Crippen LogP contribution in [0.1, 0.15) is 18.1 Å². The molecule has 12 heteroatoms. The molecule has 4 rings (SSSR count). The zero-order valence-electron chi connectivity index (χ0n) is 22.1. The second kappa shape index (κ2) is 13.1. The first-order valence-corrected chi connectivity index (χ1v) is 13.3. The van der Waals surface area contributed by atoms with Crippen LogP contribution in [0, 0.1) is 12.7 Å². The van der Waals surface area contributed by atoms with Crippen molar-refractivity contribution in [3.05, 3.63) is 87.8 Å². The summed E-state index contributed by atoms with van der Waals surface area (Å²) >= 11 is 3.42. The zero-order chi connectivity index (χ0) is 29.5. The number of ether oxygens (including phenoxy) is 2. The second-order valence-corrected chi connectivity index (χ2v) is 9.75. The van der Waals surface area contributed by atoms with Crippen LogP contribution >= 0.6 is 15.9 Å². The number of rotatable bonds is 10. The van der Waals surface area contributed by atoms with Crippen molar-refractivity contribution in [2.75, 3.05) is 30.4 Å². The minimum absolute atomic E-state index is 0.0335. The Morgan fingerprint density at radius 3 is 2.39 bits per heavy atom. The molecular formula is C29H26BrFN4O6. The van der Waals surface area contributed by atoms with Gasteiger partial charge in [0.1, 0.15) is 18.1 Å². The lowest BCUT2D eigenvalue weighted by molar-refractivity contribution is -0.127.